The highest BCUT2D eigenvalue weighted by atomic mass is 32.2. The summed E-state index contributed by atoms with van der Waals surface area (Å²) < 4.78 is 25.1. The predicted molar refractivity (Wildman–Crippen MR) is 89.2 cm³/mol. The van der Waals surface area contributed by atoms with E-state index in [0.29, 0.717) is 11.5 Å². The molecule has 5 nitrogen and oxygen atoms in total. The number of sulfonamides is 1. The molecular formula is C17H24N2O3S. The molecule has 0 aromatic heterocycles. The van der Waals surface area contributed by atoms with E-state index in [4.69, 9.17) is 0 Å². The lowest BCUT2D eigenvalue weighted by Crippen LogP contribution is -2.46. The summed E-state index contributed by atoms with van der Waals surface area (Å²) in [5.41, 5.74) is 0.695. The molecule has 4 atom stereocenters. The van der Waals surface area contributed by atoms with Gasteiger partial charge in [0.25, 0.3) is 0 Å². The zero-order chi connectivity index (χ0) is 16.6. The summed E-state index contributed by atoms with van der Waals surface area (Å²) in [6.07, 6.45) is 5.80. The summed E-state index contributed by atoms with van der Waals surface area (Å²) in [7, 11) is -2.00. The Hall–Kier alpha value is -1.40. The Labute approximate surface area is 138 Å². The molecule has 2 aliphatic carbocycles. The molecule has 1 amide bonds. The van der Waals surface area contributed by atoms with E-state index >= 15 is 0 Å². The first-order chi connectivity index (χ1) is 10.9. The van der Waals surface area contributed by atoms with Gasteiger partial charge in [-0.3, -0.25) is 4.79 Å². The predicted octanol–water partition coefficient (Wildman–Crippen LogP) is 1.92. The Morgan fingerprint density at radius 2 is 1.91 bits per heavy atom. The van der Waals surface area contributed by atoms with Crippen LogP contribution in [0.4, 0.5) is 0 Å². The average Bonchev–Trinajstić information content (AvgIpc) is 3.10. The number of fused-ring (bicyclic) bond motifs is 2. The molecule has 2 aliphatic rings. The zero-order valence-electron chi connectivity index (χ0n) is 13.6. The van der Waals surface area contributed by atoms with Crippen molar-refractivity contribution in [2.75, 3.05) is 13.3 Å². The number of hydrogen-bond acceptors (Lipinski definition) is 3. The van der Waals surface area contributed by atoms with Gasteiger partial charge in [-0.15, -0.1) is 0 Å². The lowest BCUT2D eigenvalue weighted by Gasteiger charge is -2.29. The van der Waals surface area contributed by atoms with Gasteiger partial charge in [0.2, 0.25) is 15.9 Å². The molecule has 3 rings (SSSR count). The number of rotatable bonds is 5. The Bertz CT molecular complexity index is 674. The summed E-state index contributed by atoms with van der Waals surface area (Å²) in [4.78, 5) is 12.8. The van der Waals surface area contributed by atoms with Gasteiger partial charge in [0.1, 0.15) is 6.04 Å². The summed E-state index contributed by atoms with van der Waals surface area (Å²) >= 11 is 0. The molecular weight excluding hydrogens is 312 g/mol. The second-order valence-corrected chi connectivity index (χ2v) is 8.92. The van der Waals surface area contributed by atoms with Crippen molar-refractivity contribution < 1.29 is 13.2 Å². The van der Waals surface area contributed by atoms with Crippen molar-refractivity contribution in [2.24, 2.45) is 11.8 Å². The number of benzene rings is 1. The average molecular weight is 336 g/mol. The number of nitrogens with one attached hydrogen (secondary N) is 1. The van der Waals surface area contributed by atoms with Gasteiger partial charge in [-0.05, 0) is 36.7 Å². The monoisotopic (exact) mass is 336 g/mol. The molecule has 0 spiro atoms. The molecule has 2 saturated carbocycles. The topological polar surface area (TPSA) is 66.5 Å². The van der Waals surface area contributed by atoms with Crippen LogP contribution in [0.25, 0.3) is 0 Å². The van der Waals surface area contributed by atoms with Gasteiger partial charge in [-0.2, -0.15) is 4.31 Å². The third kappa shape index (κ3) is 3.43. The molecule has 6 heteroatoms. The largest absolute Gasteiger partial charge is 0.351 e. The highest BCUT2D eigenvalue weighted by molar-refractivity contribution is 7.88. The molecule has 1 N–H and O–H groups in total. The van der Waals surface area contributed by atoms with Gasteiger partial charge in [-0.1, -0.05) is 36.8 Å². The zero-order valence-corrected chi connectivity index (χ0v) is 14.4. The van der Waals surface area contributed by atoms with E-state index in [9.17, 15) is 13.2 Å². The van der Waals surface area contributed by atoms with Gasteiger partial charge < -0.3 is 5.32 Å². The van der Waals surface area contributed by atoms with E-state index in [0.717, 1.165) is 22.9 Å². The van der Waals surface area contributed by atoms with Crippen LogP contribution in [0.1, 0.15) is 37.3 Å². The first-order valence-corrected chi connectivity index (χ1v) is 9.99. The van der Waals surface area contributed by atoms with Gasteiger partial charge >= 0.3 is 0 Å². The number of amides is 1. The molecule has 2 bridgehead atoms. The smallest absolute Gasteiger partial charge is 0.243 e. The van der Waals surface area contributed by atoms with Crippen LogP contribution >= 0.6 is 0 Å². The van der Waals surface area contributed by atoms with Crippen molar-refractivity contribution in [1.82, 2.24) is 9.62 Å². The fourth-order valence-electron chi connectivity index (χ4n) is 4.04. The molecule has 126 valence electrons. The maximum atomic E-state index is 12.8. The molecule has 0 unspecified atom stereocenters. The highest BCUT2D eigenvalue weighted by Gasteiger charge is 2.41. The third-order valence-corrected chi connectivity index (χ3v) is 6.57. The Morgan fingerprint density at radius 3 is 2.43 bits per heavy atom. The van der Waals surface area contributed by atoms with E-state index in [1.165, 1.54) is 26.3 Å². The molecule has 0 aliphatic heterocycles. The minimum atomic E-state index is -3.47. The second-order valence-electron chi connectivity index (χ2n) is 6.88. The number of likely N-dealkylation sites (N-methyl/N-ethyl adjacent to an activating group) is 1. The molecule has 0 saturated heterocycles. The molecule has 23 heavy (non-hydrogen) atoms. The highest BCUT2D eigenvalue weighted by Crippen LogP contribution is 2.44. The lowest BCUT2D eigenvalue weighted by molar-refractivity contribution is -0.125. The van der Waals surface area contributed by atoms with Gasteiger partial charge in [0.05, 0.1) is 6.26 Å². The SMILES string of the molecule is CN([C@@H](C(=O)N[C@@H]1C[C@H]2CC[C@H]1C2)c1ccccc1)S(C)(=O)=O. The second kappa shape index (κ2) is 6.24. The number of carbonyl (C=O) groups excluding carboxylic acids is 1. The van der Waals surface area contributed by atoms with Crippen molar-refractivity contribution in [1.29, 1.82) is 0 Å². The Balaban J connectivity index is 1.81. The first kappa shape index (κ1) is 16.5. The van der Waals surface area contributed by atoms with Crippen LogP contribution in [0.5, 0.6) is 0 Å². The summed E-state index contributed by atoms with van der Waals surface area (Å²) in [5, 5.41) is 3.12. The lowest BCUT2D eigenvalue weighted by atomic mass is 9.94. The molecule has 2 fully saturated rings. The van der Waals surface area contributed by atoms with Crippen molar-refractivity contribution >= 4 is 15.9 Å². The minimum Gasteiger partial charge on any atom is -0.351 e. The fraction of sp³-hybridized carbons (Fsp3) is 0.588. The number of hydrogen-bond donors (Lipinski definition) is 1. The van der Waals surface area contributed by atoms with E-state index in [-0.39, 0.29) is 11.9 Å². The maximum absolute atomic E-state index is 12.8. The van der Waals surface area contributed by atoms with Crippen molar-refractivity contribution in [2.45, 2.75) is 37.8 Å². The minimum absolute atomic E-state index is 0.195. The van der Waals surface area contributed by atoms with Crippen LogP contribution in [0, 0.1) is 11.8 Å². The van der Waals surface area contributed by atoms with E-state index in [2.05, 4.69) is 5.32 Å². The van der Waals surface area contributed by atoms with Gasteiger partial charge in [0.15, 0.2) is 0 Å². The van der Waals surface area contributed by atoms with Crippen LogP contribution < -0.4 is 5.32 Å². The van der Waals surface area contributed by atoms with Crippen molar-refractivity contribution in [3.63, 3.8) is 0 Å². The third-order valence-electron chi connectivity index (χ3n) is 5.32. The van der Waals surface area contributed by atoms with Gasteiger partial charge in [0, 0.05) is 13.1 Å². The standard InChI is InChI=1S/C17H24N2O3S/c1-19(23(2,21)22)16(13-6-4-3-5-7-13)17(20)18-15-11-12-8-9-14(15)10-12/h3-7,12,14-16H,8-11H2,1-2H3,(H,18,20)/t12-,14-,15+,16+/m0/s1. The first-order valence-electron chi connectivity index (χ1n) is 8.14. The molecule has 1 aromatic carbocycles. The van der Waals surface area contributed by atoms with Gasteiger partial charge in [-0.25, -0.2) is 8.42 Å². The number of carbonyl (C=O) groups is 1. The van der Waals surface area contributed by atoms with E-state index in [1.807, 2.05) is 18.2 Å². The molecule has 0 radical (unpaired) electrons. The van der Waals surface area contributed by atoms with Crippen LogP contribution in [0.2, 0.25) is 0 Å². The maximum Gasteiger partial charge on any atom is 0.243 e. The normalized spacial score (nSPS) is 28.0. The van der Waals surface area contributed by atoms with Crippen LogP contribution in [0.3, 0.4) is 0 Å². The summed E-state index contributed by atoms with van der Waals surface area (Å²) in [6.45, 7) is 0. The molecule has 1 aromatic rings. The van der Waals surface area contributed by atoms with E-state index < -0.39 is 16.1 Å². The summed E-state index contributed by atoms with van der Waals surface area (Å²) in [5.74, 6) is 1.07. The Kier molecular flexibility index (Phi) is 4.47. The number of nitrogens with zero attached hydrogens (tertiary/aromatic N) is 1. The quantitative estimate of drug-likeness (QED) is 0.893. The Morgan fingerprint density at radius 1 is 1.22 bits per heavy atom. The van der Waals surface area contributed by atoms with Crippen molar-refractivity contribution in [3.8, 4) is 0 Å². The summed E-state index contributed by atoms with van der Waals surface area (Å²) in [6, 6.07) is 8.48. The molecule has 0 heterocycles. The van der Waals surface area contributed by atoms with Crippen LogP contribution in [-0.2, 0) is 14.8 Å². The van der Waals surface area contributed by atoms with Crippen molar-refractivity contribution in [3.05, 3.63) is 35.9 Å². The van der Waals surface area contributed by atoms with E-state index in [1.54, 1.807) is 12.1 Å². The van der Waals surface area contributed by atoms with Crippen LogP contribution in [-0.4, -0.2) is 38.0 Å². The fourth-order valence-corrected chi connectivity index (χ4v) is 4.64. The van der Waals surface area contributed by atoms with Crippen LogP contribution in [0.15, 0.2) is 30.3 Å².